The number of fused-ring (bicyclic) bond motifs is 1. The van der Waals surface area contributed by atoms with Crippen LogP contribution in [0.5, 0.6) is 0 Å². The molecule has 0 atom stereocenters. The monoisotopic (exact) mass is 297 g/mol. The van der Waals surface area contributed by atoms with Gasteiger partial charge in [-0.3, -0.25) is 10.1 Å². The zero-order valence-electron chi connectivity index (χ0n) is 11.0. The minimum absolute atomic E-state index is 0.0201. The fourth-order valence-electron chi connectivity index (χ4n) is 2.02. The van der Waals surface area contributed by atoms with Gasteiger partial charge in [-0.25, -0.2) is 4.98 Å². The maximum atomic E-state index is 11.4. The third kappa shape index (κ3) is 2.87. The molecule has 0 aliphatic carbocycles. The fourth-order valence-corrected chi connectivity index (χ4v) is 2.70. The Kier molecular flexibility index (Phi) is 4.83. The van der Waals surface area contributed by atoms with E-state index in [0.717, 1.165) is 4.70 Å². The Balaban J connectivity index is 2.49. The van der Waals surface area contributed by atoms with Crippen LogP contribution in [0.15, 0.2) is 17.6 Å². The number of methoxy groups -OCH3 is 1. The van der Waals surface area contributed by atoms with E-state index >= 15 is 0 Å². The van der Waals surface area contributed by atoms with Crippen molar-refractivity contribution in [2.24, 2.45) is 0 Å². The summed E-state index contributed by atoms with van der Waals surface area (Å²) >= 11 is 1.36. The number of rotatable bonds is 7. The average molecular weight is 297 g/mol. The van der Waals surface area contributed by atoms with Crippen LogP contribution in [0.4, 0.5) is 11.4 Å². The van der Waals surface area contributed by atoms with Crippen LogP contribution in [0.3, 0.4) is 0 Å². The Bertz CT molecular complexity index is 601. The standard InChI is InChI=1S/C12H15N3O4S/c1-19-7-5-14(4-6-16)9-2-3-10-11(13-8-20-10)12(9)15(17)18/h2-3,8,16H,4-7H2,1H3. The first kappa shape index (κ1) is 14.6. The molecule has 0 unspecified atom stereocenters. The summed E-state index contributed by atoms with van der Waals surface area (Å²) in [4.78, 5) is 16.8. The zero-order valence-corrected chi connectivity index (χ0v) is 11.8. The molecule has 1 heterocycles. The highest BCUT2D eigenvalue weighted by molar-refractivity contribution is 7.16. The lowest BCUT2D eigenvalue weighted by Gasteiger charge is -2.23. The fraction of sp³-hybridized carbons (Fsp3) is 0.417. The van der Waals surface area contributed by atoms with Crippen LogP contribution in [0, 0.1) is 10.1 Å². The summed E-state index contributed by atoms with van der Waals surface area (Å²) < 4.78 is 5.78. The molecular weight excluding hydrogens is 282 g/mol. The number of hydrogen-bond donors (Lipinski definition) is 1. The summed E-state index contributed by atoms with van der Waals surface area (Å²) in [6.45, 7) is 1.11. The van der Waals surface area contributed by atoms with Crippen LogP contribution in [0.2, 0.25) is 0 Å². The first-order chi connectivity index (χ1) is 9.69. The van der Waals surface area contributed by atoms with Crippen molar-refractivity contribution in [1.29, 1.82) is 0 Å². The van der Waals surface area contributed by atoms with Gasteiger partial charge in [0.15, 0.2) is 5.52 Å². The van der Waals surface area contributed by atoms with Gasteiger partial charge >= 0.3 is 5.69 Å². The van der Waals surface area contributed by atoms with E-state index in [4.69, 9.17) is 9.84 Å². The smallest absolute Gasteiger partial charge is 0.319 e. The molecule has 0 aliphatic rings. The molecule has 0 amide bonds. The molecule has 0 saturated carbocycles. The quantitative estimate of drug-likeness (QED) is 0.617. The van der Waals surface area contributed by atoms with E-state index in [1.807, 2.05) is 6.07 Å². The number of aliphatic hydroxyl groups excluding tert-OH is 1. The molecule has 0 bridgehead atoms. The van der Waals surface area contributed by atoms with E-state index in [9.17, 15) is 10.1 Å². The third-order valence-corrected chi connectivity index (χ3v) is 3.71. The van der Waals surface area contributed by atoms with Crippen molar-refractivity contribution >= 4 is 32.9 Å². The second-order valence-electron chi connectivity index (χ2n) is 4.09. The topological polar surface area (TPSA) is 88.7 Å². The SMILES string of the molecule is COCCN(CCO)c1ccc2scnc2c1[N+](=O)[O-]. The predicted octanol–water partition coefficient (Wildman–Crippen LogP) is 1.65. The summed E-state index contributed by atoms with van der Waals surface area (Å²) in [5, 5.41) is 20.5. The van der Waals surface area contributed by atoms with Gasteiger partial charge in [0.05, 0.1) is 28.3 Å². The molecule has 20 heavy (non-hydrogen) atoms. The van der Waals surface area contributed by atoms with Crippen molar-refractivity contribution in [2.45, 2.75) is 0 Å². The van der Waals surface area contributed by atoms with Crippen LogP contribution in [-0.4, -0.2) is 48.4 Å². The average Bonchev–Trinajstić information content (AvgIpc) is 2.90. The van der Waals surface area contributed by atoms with Crippen molar-refractivity contribution in [2.75, 3.05) is 38.3 Å². The van der Waals surface area contributed by atoms with Crippen molar-refractivity contribution in [3.05, 3.63) is 27.8 Å². The number of nitro groups is 1. The number of nitro benzene ring substituents is 1. The first-order valence-corrected chi connectivity index (χ1v) is 6.92. The van der Waals surface area contributed by atoms with Gasteiger partial charge in [0.25, 0.3) is 0 Å². The molecule has 1 N–H and O–H groups in total. The first-order valence-electron chi connectivity index (χ1n) is 6.04. The molecule has 2 aromatic rings. The summed E-state index contributed by atoms with van der Waals surface area (Å²) in [6.07, 6.45) is 0. The molecule has 0 fully saturated rings. The van der Waals surface area contributed by atoms with Crippen LogP contribution in [0.25, 0.3) is 10.2 Å². The Morgan fingerprint density at radius 2 is 2.30 bits per heavy atom. The Morgan fingerprint density at radius 3 is 2.95 bits per heavy atom. The van der Waals surface area contributed by atoms with Crippen LogP contribution >= 0.6 is 11.3 Å². The molecule has 0 saturated heterocycles. The lowest BCUT2D eigenvalue weighted by molar-refractivity contribution is -0.382. The highest BCUT2D eigenvalue weighted by atomic mass is 32.1. The lowest BCUT2D eigenvalue weighted by atomic mass is 10.2. The van der Waals surface area contributed by atoms with Crippen molar-refractivity contribution in [3.63, 3.8) is 0 Å². The van der Waals surface area contributed by atoms with Gasteiger partial charge in [0.2, 0.25) is 0 Å². The summed E-state index contributed by atoms with van der Waals surface area (Å²) in [5.74, 6) is 0. The van der Waals surface area contributed by atoms with E-state index in [-0.39, 0.29) is 12.3 Å². The zero-order chi connectivity index (χ0) is 14.5. The van der Waals surface area contributed by atoms with Crippen LogP contribution in [0.1, 0.15) is 0 Å². The van der Waals surface area contributed by atoms with Gasteiger partial charge in [-0.15, -0.1) is 11.3 Å². The molecule has 1 aromatic carbocycles. The van der Waals surface area contributed by atoms with Crippen LogP contribution in [-0.2, 0) is 4.74 Å². The van der Waals surface area contributed by atoms with E-state index < -0.39 is 4.92 Å². The number of hydrogen-bond acceptors (Lipinski definition) is 7. The molecule has 0 radical (unpaired) electrons. The highest BCUT2D eigenvalue weighted by Gasteiger charge is 2.24. The summed E-state index contributed by atoms with van der Waals surface area (Å²) in [5.41, 5.74) is 2.41. The second kappa shape index (κ2) is 6.60. The van der Waals surface area contributed by atoms with Gasteiger partial charge < -0.3 is 14.7 Å². The van der Waals surface area contributed by atoms with Gasteiger partial charge in [-0.05, 0) is 12.1 Å². The Hall–Kier alpha value is -1.77. The number of benzene rings is 1. The van der Waals surface area contributed by atoms with E-state index in [1.54, 1.807) is 23.6 Å². The normalized spacial score (nSPS) is 10.9. The minimum Gasteiger partial charge on any atom is -0.395 e. The minimum atomic E-state index is -0.422. The van der Waals surface area contributed by atoms with Gasteiger partial charge in [0, 0.05) is 20.2 Å². The second-order valence-corrected chi connectivity index (χ2v) is 4.98. The van der Waals surface area contributed by atoms with E-state index in [2.05, 4.69) is 4.98 Å². The molecule has 0 aliphatic heterocycles. The lowest BCUT2D eigenvalue weighted by Crippen LogP contribution is -2.30. The van der Waals surface area contributed by atoms with Gasteiger partial charge in [-0.1, -0.05) is 0 Å². The highest BCUT2D eigenvalue weighted by Crippen LogP contribution is 2.36. The summed E-state index contributed by atoms with van der Waals surface area (Å²) in [6, 6.07) is 3.51. The number of aromatic nitrogens is 1. The third-order valence-electron chi connectivity index (χ3n) is 2.91. The summed E-state index contributed by atoms with van der Waals surface area (Å²) in [7, 11) is 1.56. The molecule has 7 nitrogen and oxygen atoms in total. The number of aliphatic hydroxyl groups is 1. The number of thiazole rings is 1. The maximum Gasteiger partial charge on any atom is 0.319 e. The maximum absolute atomic E-state index is 11.4. The van der Waals surface area contributed by atoms with Crippen LogP contribution < -0.4 is 4.90 Å². The van der Waals surface area contributed by atoms with Gasteiger partial charge in [0.1, 0.15) is 5.69 Å². The largest absolute Gasteiger partial charge is 0.395 e. The molecule has 2 rings (SSSR count). The van der Waals surface area contributed by atoms with Gasteiger partial charge in [-0.2, -0.15) is 0 Å². The Morgan fingerprint density at radius 1 is 1.50 bits per heavy atom. The van der Waals surface area contributed by atoms with Crippen molar-refractivity contribution in [1.82, 2.24) is 4.98 Å². The van der Waals surface area contributed by atoms with Crippen molar-refractivity contribution < 1.29 is 14.8 Å². The van der Waals surface area contributed by atoms with Crippen molar-refractivity contribution in [3.8, 4) is 0 Å². The molecular formula is C12H15N3O4S. The van der Waals surface area contributed by atoms with E-state index in [1.165, 1.54) is 11.3 Å². The molecule has 108 valence electrons. The number of nitrogens with zero attached hydrogens (tertiary/aromatic N) is 3. The number of anilines is 1. The Labute approximate surface area is 119 Å². The van der Waals surface area contributed by atoms with E-state index in [0.29, 0.717) is 30.9 Å². The molecule has 1 aromatic heterocycles. The predicted molar refractivity (Wildman–Crippen MR) is 77.4 cm³/mol. The molecule has 0 spiro atoms. The molecule has 8 heteroatoms. The number of ether oxygens (including phenoxy) is 1.